The number of imidazole rings is 1. The highest BCUT2D eigenvalue weighted by Gasteiger charge is 2.27. The normalized spacial score (nSPS) is 15.8. The third-order valence-corrected chi connectivity index (χ3v) is 5.80. The fraction of sp³-hybridized carbons (Fsp3) is 0.455. The number of rotatable bonds is 6. The Balaban J connectivity index is 1.26. The average molecular weight is 424 g/mol. The van der Waals surface area contributed by atoms with Crippen LogP contribution in [-0.4, -0.2) is 68.2 Å². The summed E-state index contributed by atoms with van der Waals surface area (Å²) in [6.45, 7) is 7.54. The Morgan fingerprint density at radius 3 is 2.61 bits per heavy atom. The summed E-state index contributed by atoms with van der Waals surface area (Å²) in [4.78, 5) is 25.5. The van der Waals surface area contributed by atoms with E-state index in [9.17, 15) is 4.79 Å². The first-order valence-electron chi connectivity index (χ1n) is 10.6. The molecule has 0 spiro atoms. The number of benzene rings is 1. The van der Waals surface area contributed by atoms with Crippen LogP contribution in [0.1, 0.15) is 30.2 Å². The lowest BCUT2D eigenvalue weighted by atomic mass is 10.1. The first kappa shape index (κ1) is 21.0. The fourth-order valence-corrected chi connectivity index (χ4v) is 3.72. The number of carbonyl (C=O) groups excluding carboxylic acids is 1. The first-order valence-corrected chi connectivity index (χ1v) is 10.6. The van der Waals surface area contributed by atoms with Crippen LogP contribution in [0.4, 0.5) is 4.79 Å². The fourth-order valence-electron chi connectivity index (χ4n) is 3.72. The van der Waals surface area contributed by atoms with E-state index in [1.165, 1.54) is 5.56 Å². The van der Waals surface area contributed by atoms with Crippen molar-refractivity contribution in [3.8, 4) is 11.4 Å². The second-order valence-electron chi connectivity index (χ2n) is 7.96. The largest absolute Gasteiger partial charge is 0.338 e. The van der Waals surface area contributed by atoms with Gasteiger partial charge in [0.05, 0.1) is 6.04 Å². The second-order valence-corrected chi connectivity index (χ2v) is 7.96. The van der Waals surface area contributed by atoms with Crippen LogP contribution in [-0.2, 0) is 13.5 Å². The summed E-state index contributed by atoms with van der Waals surface area (Å²) >= 11 is 0. The third-order valence-electron chi connectivity index (χ3n) is 5.80. The number of hydrogen-bond acceptors (Lipinski definition) is 6. The Morgan fingerprint density at radius 1 is 1.19 bits per heavy atom. The van der Waals surface area contributed by atoms with Gasteiger partial charge in [0.15, 0.2) is 0 Å². The molecule has 3 aromatic rings. The van der Waals surface area contributed by atoms with E-state index in [2.05, 4.69) is 32.3 Å². The molecule has 0 bridgehead atoms. The molecule has 0 radical (unpaired) electrons. The minimum Gasteiger partial charge on any atom is -0.338 e. The number of piperazine rings is 1. The summed E-state index contributed by atoms with van der Waals surface area (Å²) in [5.74, 6) is 2.17. The molecule has 164 valence electrons. The van der Waals surface area contributed by atoms with Crippen molar-refractivity contribution in [1.82, 2.24) is 34.8 Å². The maximum Gasteiger partial charge on any atom is 0.317 e. The molecule has 1 atom stereocenters. The van der Waals surface area contributed by atoms with E-state index < -0.39 is 0 Å². The van der Waals surface area contributed by atoms with E-state index in [0.29, 0.717) is 37.8 Å². The third kappa shape index (κ3) is 4.93. The molecular weight excluding hydrogens is 394 g/mol. The van der Waals surface area contributed by atoms with E-state index >= 15 is 0 Å². The summed E-state index contributed by atoms with van der Waals surface area (Å²) in [6.07, 6.45) is 4.39. The molecule has 2 amide bonds. The van der Waals surface area contributed by atoms with Crippen molar-refractivity contribution in [2.45, 2.75) is 26.3 Å². The molecule has 1 aliphatic rings. The van der Waals surface area contributed by atoms with E-state index in [0.717, 1.165) is 24.5 Å². The number of aryl methyl sites for hydroxylation is 2. The molecule has 1 saturated heterocycles. The zero-order valence-corrected chi connectivity index (χ0v) is 18.3. The van der Waals surface area contributed by atoms with Crippen molar-refractivity contribution < 1.29 is 9.32 Å². The van der Waals surface area contributed by atoms with Gasteiger partial charge in [0, 0.05) is 64.1 Å². The lowest BCUT2D eigenvalue weighted by Gasteiger charge is -2.36. The monoisotopic (exact) mass is 423 g/mol. The van der Waals surface area contributed by atoms with Gasteiger partial charge >= 0.3 is 6.03 Å². The molecule has 0 saturated carbocycles. The topological polar surface area (TPSA) is 92.3 Å². The minimum absolute atomic E-state index is 0.000301. The second kappa shape index (κ2) is 9.30. The predicted molar refractivity (Wildman–Crippen MR) is 116 cm³/mol. The van der Waals surface area contributed by atoms with Gasteiger partial charge in [-0.3, -0.25) is 4.90 Å². The van der Waals surface area contributed by atoms with Crippen molar-refractivity contribution >= 4 is 6.03 Å². The molecule has 9 nitrogen and oxygen atoms in total. The van der Waals surface area contributed by atoms with Gasteiger partial charge in [0.25, 0.3) is 0 Å². The van der Waals surface area contributed by atoms with Crippen molar-refractivity contribution in [2.75, 3.05) is 32.7 Å². The van der Waals surface area contributed by atoms with Gasteiger partial charge in [-0.1, -0.05) is 35.0 Å². The van der Waals surface area contributed by atoms with E-state index in [-0.39, 0.29) is 12.1 Å². The molecule has 1 aliphatic heterocycles. The van der Waals surface area contributed by atoms with Crippen LogP contribution in [0.3, 0.4) is 0 Å². The molecule has 0 unspecified atom stereocenters. The Labute approximate surface area is 182 Å². The van der Waals surface area contributed by atoms with Crippen molar-refractivity contribution in [1.29, 1.82) is 0 Å². The predicted octanol–water partition coefficient (Wildman–Crippen LogP) is 2.41. The highest BCUT2D eigenvalue weighted by Crippen LogP contribution is 2.23. The Morgan fingerprint density at radius 2 is 1.94 bits per heavy atom. The SMILES string of the molecule is Cc1ccc(-c2noc([C@H](C)N3CCN(C(=O)NCCc4nccn4C)CC3)n2)cc1. The van der Waals surface area contributed by atoms with Crippen LogP contribution in [0, 0.1) is 6.92 Å². The smallest absolute Gasteiger partial charge is 0.317 e. The maximum absolute atomic E-state index is 12.5. The molecule has 1 N–H and O–H groups in total. The zero-order chi connectivity index (χ0) is 21.8. The molecule has 2 aromatic heterocycles. The van der Waals surface area contributed by atoms with E-state index in [1.54, 1.807) is 6.20 Å². The molecule has 31 heavy (non-hydrogen) atoms. The number of nitrogens with zero attached hydrogens (tertiary/aromatic N) is 6. The Kier molecular flexibility index (Phi) is 6.31. The molecule has 1 aromatic carbocycles. The average Bonchev–Trinajstić information content (AvgIpc) is 3.43. The van der Waals surface area contributed by atoms with E-state index in [1.807, 2.05) is 53.9 Å². The molecule has 3 heterocycles. The summed E-state index contributed by atoms with van der Waals surface area (Å²) in [5.41, 5.74) is 2.14. The number of aromatic nitrogens is 4. The minimum atomic E-state index is -0.0269. The van der Waals surface area contributed by atoms with Gasteiger partial charge in [-0.15, -0.1) is 0 Å². The summed E-state index contributed by atoms with van der Waals surface area (Å²) in [6, 6.07) is 8.05. The molecule has 0 aliphatic carbocycles. The quantitative estimate of drug-likeness (QED) is 0.655. The Bertz CT molecular complexity index is 1000. The van der Waals surface area contributed by atoms with Crippen LogP contribution in [0.15, 0.2) is 41.2 Å². The van der Waals surface area contributed by atoms with Crippen LogP contribution in [0.25, 0.3) is 11.4 Å². The van der Waals surface area contributed by atoms with Gasteiger partial charge < -0.3 is 19.3 Å². The van der Waals surface area contributed by atoms with Gasteiger partial charge in [-0.2, -0.15) is 4.98 Å². The van der Waals surface area contributed by atoms with Crippen LogP contribution in [0.2, 0.25) is 0 Å². The van der Waals surface area contributed by atoms with Gasteiger partial charge in [0.2, 0.25) is 11.7 Å². The highest BCUT2D eigenvalue weighted by molar-refractivity contribution is 5.74. The zero-order valence-electron chi connectivity index (χ0n) is 18.3. The number of carbonyl (C=O) groups is 1. The van der Waals surface area contributed by atoms with Gasteiger partial charge in [-0.25, -0.2) is 9.78 Å². The van der Waals surface area contributed by atoms with Crippen molar-refractivity contribution in [3.05, 3.63) is 53.9 Å². The van der Waals surface area contributed by atoms with Gasteiger partial charge in [-0.05, 0) is 13.8 Å². The number of urea groups is 1. The van der Waals surface area contributed by atoms with Crippen LogP contribution in [0.5, 0.6) is 0 Å². The van der Waals surface area contributed by atoms with Crippen LogP contribution < -0.4 is 5.32 Å². The number of amides is 2. The standard InChI is InChI=1S/C22H29N7O2/c1-16-4-6-18(7-5-16)20-25-21(31-26-20)17(2)28-12-14-29(15-13-28)22(30)24-9-8-19-23-10-11-27(19)3/h4-7,10-11,17H,8-9,12-15H2,1-3H3,(H,24,30)/t17-/m0/s1. The summed E-state index contributed by atoms with van der Waals surface area (Å²) in [5, 5.41) is 7.14. The van der Waals surface area contributed by atoms with Gasteiger partial charge in [0.1, 0.15) is 5.82 Å². The summed E-state index contributed by atoms with van der Waals surface area (Å²) < 4.78 is 7.50. The maximum atomic E-state index is 12.5. The van der Waals surface area contributed by atoms with Crippen molar-refractivity contribution in [3.63, 3.8) is 0 Å². The number of nitrogens with one attached hydrogen (secondary N) is 1. The Hall–Kier alpha value is -3.20. The van der Waals surface area contributed by atoms with E-state index in [4.69, 9.17) is 4.52 Å². The summed E-state index contributed by atoms with van der Waals surface area (Å²) in [7, 11) is 1.96. The lowest BCUT2D eigenvalue weighted by molar-refractivity contribution is 0.100. The van der Waals surface area contributed by atoms with Crippen LogP contribution >= 0.6 is 0 Å². The molecule has 9 heteroatoms. The highest BCUT2D eigenvalue weighted by atomic mass is 16.5. The first-order chi connectivity index (χ1) is 15.0. The molecule has 4 rings (SSSR count). The molecular formula is C22H29N7O2. The van der Waals surface area contributed by atoms with Crippen molar-refractivity contribution in [2.24, 2.45) is 7.05 Å². The molecule has 1 fully saturated rings. The lowest BCUT2D eigenvalue weighted by Crippen LogP contribution is -2.52. The number of hydrogen-bond donors (Lipinski definition) is 1.